The Morgan fingerprint density at radius 1 is 1.31 bits per heavy atom. The second-order valence-electron chi connectivity index (χ2n) is 8.22. The number of halogens is 4. The summed E-state index contributed by atoms with van der Waals surface area (Å²) in [6.07, 6.45) is 0.213. The Balaban J connectivity index is 1.80. The van der Waals surface area contributed by atoms with Gasteiger partial charge in [0.1, 0.15) is 22.6 Å². The molecule has 0 unspecified atom stereocenters. The summed E-state index contributed by atoms with van der Waals surface area (Å²) in [6, 6.07) is 3.59. The van der Waals surface area contributed by atoms with Crippen molar-refractivity contribution < 1.29 is 32.2 Å². The second kappa shape index (κ2) is 7.56. The average Bonchev–Trinajstić information content (AvgIpc) is 3.12. The smallest absolute Gasteiger partial charge is 0.385 e. The van der Waals surface area contributed by atoms with Crippen LogP contribution in [0.2, 0.25) is 0 Å². The van der Waals surface area contributed by atoms with E-state index in [0.29, 0.717) is 11.7 Å². The quantitative estimate of drug-likeness (QED) is 0.597. The number of nitrogens with one attached hydrogen (secondary N) is 1. The third-order valence-electron chi connectivity index (χ3n) is 5.87. The van der Waals surface area contributed by atoms with Crippen molar-refractivity contribution in [3.8, 4) is 0 Å². The van der Waals surface area contributed by atoms with Crippen molar-refractivity contribution in [1.82, 2.24) is 14.7 Å². The summed E-state index contributed by atoms with van der Waals surface area (Å²) >= 11 is 0. The molecule has 2 N–H and O–H groups in total. The van der Waals surface area contributed by atoms with E-state index in [0.717, 1.165) is 17.7 Å². The zero-order chi connectivity index (χ0) is 23.3. The molecular weight excluding hydrogens is 430 g/mol. The molecule has 1 saturated heterocycles. The highest BCUT2D eigenvalue weighted by atomic mass is 19.4. The number of aryl methyl sites for hydroxylation is 1. The highest BCUT2D eigenvalue weighted by Gasteiger charge is 2.53. The lowest BCUT2D eigenvalue weighted by Gasteiger charge is -2.49. The largest absolute Gasteiger partial charge is 0.416 e. The first-order chi connectivity index (χ1) is 14.9. The van der Waals surface area contributed by atoms with Crippen LogP contribution in [0.4, 0.5) is 17.6 Å². The van der Waals surface area contributed by atoms with Gasteiger partial charge in [0.2, 0.25) is 0 Å². The van der Waals surface area contributed by atoms with Gasteiger partial charge in [-0.2, -0.15) is 13.2 Å². The van der Waals surface area contributed by atoms with E-state index in [-0.39, 0.29) is 30.8 Å². The minimum atomic E-state index is -4.73. The molecule has 0 bridgehead atoms. The van der Waals surface area contributed by atoms with E-state index >= 15 is 4.39 Å². The molecule has 6 nitrogen and oxygen atoms in total. The van der Waals surface area contributed by atoms with Crippen LogP contribution in [0, 0.1) is 12.7 Å². The van der Waals surface area contributed by atoms with Crippen LogP contribution < -0.4 is 5.32 Å². The highest BCUT2D eigenvalue weighted by molar-refractivity contribution is 6.00. The number of benzene rings is 1. The fourth-order valence-electron chi connectivity index (χ4n) is 4.15. The van der Waals surface area contributed by atoms with Gasteiger partial charge in [0, 0.05) is 37.2 Å². The molecule has 32 heavy (non-hydrogen) atoms. The van der Waals surface area contributed by atoms with Gasteiger partial charge in [-0.05, 0) is 37.6 Å². The van der Waals surface area contributed by atoms with Crippen LogP contribution in [0.25, 0.3) is 5.65 Å². The second-order valence-corrected chi connectivity index (χ2v) is 8.22. The lowest BCUT2D eigenvalue weighted by molar-refractivity contribution is -0.140. The number of hydrogen-bond donors (Lipinski definition) is 2. The van der Waals surface area contributed by atoms with Crippen LogP contribution in [0.1, 0.15) is 40.4 Å². The molecule has 10 heteroatoms. The molecule has 1 aromatic carbocycles. The molecule has 3 aromatic rings. The Hall–Kier alpha value is -2.98. The molecule has 3 heterocycles. The van der Waals surface area contributed by atoms with Gasteiger partial charge in [-0.15, -0.1) is 0 Å². The maximum absolute atomic E-state index is 15.0. The number of rotatable bonds is 3. The van der Waals surface area contributed by atoms with Crippen molar-refractivity contribution in [3.05, 3.63) is 70.9 Å². The summed E-state index contributed by atoms with van der Waals surface area (Å²) in [5.41, 5.74) is -3.54. The molecule has 0 saturated carbocycles. The Morgan fingerprint density at radius 3 is 2.72 bits per heavy atom. The summed E-state index contributed by atoms with van der Waals surface area (Å²) in [6.45, 7) is 3.00. The van der Waals surface area contributed by atoms with E-state index in [4.69, 9.17) is 4.74 Å². The van der Waals surface area contributed by atoms with Crippen LogP contribution >= 0.6 is 0 Å². The van der Waals surface area contributed by atoms with Gasteiger partial charge >= 0.3 is 6.18 Å². The number of fused-ring (bicyclic) bond motifs is 1. The first kappa shape index (κ1) is 22.2. The third kappa shape index (κ3) is 3.63. The van der Waals surface area contributed by atoms with Crippen LogP contribution in [0.15, 0.2) is 42.9 Å². The minimum Gasteiger partial charge on any atom is -0.385 e. The molecule has 2 aromatic heterocycles. The molecule has 1 aliphatic rings. The summed E-state index contributed by atoms with van der Waals surface area (Å²) in [5, 5.41) is 13.8. The van der Waals surface area contributed by atoms with Crippen LogP contribution in [0.5, 0.6) is 0 Å². The lowest BCUT2D eigenvalue weighted by atomic mass is 9.71. The van der Waals surface area contributed by atoms with Crippen LogP contribution in [0.3, 0.4) is 0 Å². The molecule has 4 rings (SSSR count). The molecule has 0 radical (unpaired) electrons. The molecule has 2 atom stereocenters. The maximum Gasteiger partial charge on any atom is 0.416 e. The maximum atomic E-state index is 15.0. The van der Waals surface area contributed by atoms with Crippen molar-refractivity contribution in [3.63, 3.8) is 0 Å². The van der Waals surface area contributed by atoms with Crippen molar-refractivity contribution in [2.24, 2.45) is 0 Å². The minimum absolute atomic E-state index is 0.0493. The number of nitrogens with zero attached hydrogens (tertiary/aromatic N) is 2. The van der Waals surface area contributed by atoms with Gasteiger partial charge in [0.05, 0.1) is 17.7 Å². The molecule has 170 valence electrons. The molecular formula is C22H21F4N3O3. The van der Waals surface area contributed by atoms with Gasteiger partial charge in [-0.3, -0.25) is 4.79 Å². The Bertz CT molecular complexity index is 1190. The molecule has 1 amide bonds. The number of aromatic nitrogens is 2. The van der Waals surface area contributed by atoms with Gasteiger partial charge < -0.3 is 19.6 Å². The highest BCUT2D eigenvalue weighted by Crippen LogP contribution is 2.42. The number of aliphatic hydroxyl groups is 1. The zero-order valence-corrected chi connectivity index (χ0v) is 17.3. The zero-order valence-electron chi connectivity index (χ0n) is 17.3. The van der Waals surface area contributed by atoms with E-state index in [9.17, 15) is 23.1 Å². The average molecular weight is 451 g/mol. The topological polar surface area (TPSA) is 75.9 Å². The van der Waals surface area contributed by atoms with Crippen molar-refractivity contribution >= 4 is 11.6 Å². The van der Waals surface area contributed by atoms with Crippen molar-refractivity contribution in [1.29, 1.82) is 0 Å². The number of alkyl halides is 3. The van der Waals surface area contributed by atoms with Crippen LogP contribution in [-0.4, -0.2) is 39.2 Å². The monoisotopic (exact) mass is 451 g/mol. The Kier molecular flexibility index (Phi) is 5.25. The fourth-order valence-corrected chi connectivity index (χ4v) is 4.15. The predicted molar refractivity (Wildman–Crippen MR) is 107 cm³/mol. The summed E-state index contributed by atoms with van der Waals surface area (Å²) in [4.78, 5) is 17.5. The summed E-state index contributed by atoms with van der Waals surface area (Å²) < 4.78 is 61.1. The van der Waals surface area contributed by atoms with Crippen molar-refractivity contribution in [2.45, 2.75) is 37.6 Å². The first-order valence-corrected chi connectivity index (χ1v) is 9.88. The number of carbonyl (C=O) groups is 1. The number of carbonyl (C=O) groups excluding carboxylic acids is 1. The van der Waals surface area contributed by atoms with Gasteiger partial charge in [0.15, 0.2) is 0 Å². The molecule has 0 spiro atoms. The number of ether oxygens (including phenoxy) is 1. The van der Waals surface area contributed by atoms with Gasteiger partial charge in [-0.25, -0.2) is 9.37 Å². The molecule has 1 aliphatic heterocycles. The summed E-state index contributed by atoms with van der Waals surface area (Å²) in [5.74, 6) is -1.83. The van der Waals surface area contributed by atoms with E-state index in [1.807, 2.05) is 6.92 Å². The fraction of sp³-hybridized carbons (Fsp3) is 0.364. The van der Waals surface area contributed by atoms with Crippen LogP contribution in [-0.2, 0) is 16.5 Å². The van der Waals surface area contributed by atoms with Gasteiger partial charge in [-0.1, -0.05) is 6.07 Å². The standard InChI is InChI=1S/C22H21F4N3O3/c1-13-10-27-18-15(5-7-29(18)11-13)19(30)28-21(6-8-32-12-20(21,2)31)16-4-3-14(9-17(16)23)22(24,25)26/h3-5,7,9-11,31H,6,8,12H2,1-2H3,(H,28,30)/t20-,21+/m0/s1. The van der Waals surface area contributed by atoms with E-state index in [2.05, 4.69) is 10.3 Å². The number of amides is 1. The Labute approximate surface area is 180 Å². The normalized spacial score (nSPS) is 24.0. The van der Waals surface area contributed by atoms with Gasteiger partial charge in [0.25, 0.3) is 5.91 Å². The van der Waals surface area contributed by atoms with Crippen molar-refractivity contribution in [2.75, 3.05) is 13.2 Å². The van der Waals surface area contributed by atoms with E-state index in [1.54, 1.807) is 23.0 Å². The summed E-state index contributed by atoms with van der Waals surface area (Å²) in [7, 11) is 0. The molecule has 0 aliphatic carbocycles. The lowest BCUT2D eigenvalue weighted by Crippen LogP contribution is -2.65. The first-order valence-electron chi connectivity index (χ1n) is 9.88. The number of hydrogen-bond acceptors (Lipinski definition) is 4. The SMILES string of the molecule is Cc1cnc2c(C(=O)N[C@@]3(c4ccc(C(F)(F)F)cc4F)CCOC[C@]3(C)O)ccn2c1. The van der Waals surface area contributed by atoms with E-state index < -0.39 is 34.6 Å². The Morgan fingerprint density at radius 2 is 2.06 bits per heavy atom. The predicted octanol–water partition coefficient (Wildman–Crippen LogP) is 3.60. The third-order valence-corrected chi connectivity index (χ3v) is 5.87. The molecule has 1 fully saturated rings. The van der Waals surface area contributed by atoms with E-state index in [1.165, 1.54) is 13.0 Å².